The standard InChI is InChI=1S/C22H26ClFN4/c1-16-20(22(23)28(26-16)15-17-7-5-4-6-8-17)13-25-14-21(27(2)3)18-9-11-19(24)12-10-18/h4-12,21,25H,13-15H2,1-3H3. The third-order valence-corrected chi connectivity index (χ3v) is 5.30. The van der Waals surface area contributed by atoms with Gasteiger partial charge in [-0.05, 0) is 44.3 Å². The lowest BCUT2D eigenvalue weighted by Gasteiger charge is -2.25. The molecule has 0 radical (unpaired) electrons. The van der Waals surface area contributed by atoms with Crippen LogP contribution in [0.2, 0.25) is 5.15 Å². The molecule has 0 aliphatic rings. The van der Waals surface area contributed by atoms with Gasteiger partial charge in [-0.3, -0.25) is 0 Å². The van der Waals surface area contributed by atoms with Crippen LogP contribution < -0.4 is 5.32 Å². The van der Waals surface area contributed by atoms with Gasteiger partial charge in [0.2, 0.25) is 0 Å². The molecule has 1 atom stereocenters. The third kappa shape index (κ3) is 4.98. The van der Waals surface area contributed by atoms with Gasteiger partial charge >= 0.3 is 0 Å². The maximum atomic E-state index is 13.2. The van der Waals surface area contributed by atoms with Crippen molar-refractivity contribution in [3.8, 4) is 0 Å². The highest BCUT2D eigenvalue weighted by Gasteiger charge is 2.17. The SMILES string of the molecule is Cc1nn(Cc2ccccc2)c(Cl)c1CNCC(c1ccc(F)cc1)N(C)C. The van der Waals surface area contributed by atoms with Crippen molar-refractivity contribution < 1.29 is 4.39 Å². The minimum atomic E-state index is -0.220. The van der Waals surface area contributed by atoms with Gasteiger partial charge in [0, 0.05) is 24.7 Å². The average molecular weight is 401 g/mol. The topological polar surface area (TPSA) is 33.1 Å². The number of aromatic nitrogens is 2. The van der Waals surface area contributed by atoms with E-state index in [1.165, 1.54) is 12.1 Å². The van der Waals surface area contributed by atoms with Crippen LogP contribution in [-0.2, 0) is 13.1 Å². The molecule has 0 amide bonds. The lowest BCUT2D eigenvalue weighted by Crippen LogP contribution is -2.31. The average Bonchev–Trinajstić information content (AvgIpc) is 2.94. The second kappa shape index (κ2) is 9.32. The summed E-state index contributed by atoms with van der Waals surface area (Å²) in [4.78, 5) is 2.12. The van der Waals surface area contributed by atoms with E-state index in [1.54, 1.807) is 0 Å². The van der Waals surface area contributed by atoms with Crippen LogP contribution in [0.5, 0.6) is 0 Å². The minimum Gasteiger partial charge on any atom is -0.311 e. The number of aryl methyl sites for hydroxylation is 1. The van der Waals surface area contributed by atoms with Crippen LogP contribution in [0.4, 0.5) is 4.39 Å². The quantitative estimate of drug-likeness (QED) is 0.607. The van der Waals surface area contributed by atoms with Gasteiger partial charge in [0.25, 0.3) is 0 Å². The first-order valence-electron chi connectivity index (χ1n) is 9.34. The minimum absolute atomic E-state index is 0.138. The highest BCUT2D eigenvalue weighted by atomic mass is 35.5. The number of benzene rings is 2. The summed E-state index contributed by atoms with van der Waals surface area (Å²) in [5.74, 6) is -0.220. The first-order chi connectivity index (χ1) is 13.5. The Balaban J connectivity index is 1.66. The van der Waals surface area contributed by atoms with E-state index in [1.807, 2.05) is 56.0 Å². The van der Waals surface area contributed by atoms with Crippen molar-refractivity contribution in [3.05, 3.63) is 88.0 Å². The number of halogens is 2. The predicted molar refractivity (Wildman–Crippen MR) is 112 cm³/mol. The second-order valence-electron chi connectivity index (χ2n) is 7.16. The number of hydrogen-bond donors (Lipinski definition) is 1. The molecule has 1 unspecified atom stereocenters. The van der Waals surface area contributed by atoms with E-state index in [2.05, 4.69) is 27.4 Å². The fraction of sp³-hybridized carbons (Fsp3) is 0.318. The molecule has 0 fully saturated rings. The Morgan fingerprint density at radius 3 is 2.43 bits per heavy atom. The van der Waals surface area contributed by atoms with Crippen LogP contribution in [0, 0.1) is 12.7 Å². The van der Waals surface area contributed by atoms with Crippen molar-refractivity contribution in [3.63, 3.8) is 0 Å². The molecule has 4 nitrogen and oxygen atoms in total. The predicted octanol–water partition coefficient (Wildman–Crippen LogP) is 4.42. The van der Waals surface area contributed by atoms with Crippen molar-refractivity contribution in [2.45, 2.75) is 26.1 Å². The molecule has 28 heavy (non-hydrogen) atoms. The fourth-order valence-electron chi connectivity index (χ4n) is 3.27. The van der Waals surface area contributed by atoms with Gasteiger partial charge in [0.05, 0.1) is 12.2 Å². The largest absolute Gasteiger partial charge is 0.311 e. The number of nitrogens with zero attached hydrogens (tertiary/aromatic N) is 3. The highest BCUT2D eigenvalue weighted by Crippen LogP contribution is 2.22. The van der Waals surface area contributed by atoms with Gasteiger partial charge < -0.3 is 10.2 Å². The van der Waals surface area contributed by atoms with Crippen LogP contribution in [0.15, 0.2) is 54.6 Å². The Labute approximate surface area is 170 Å². The van der Waals surface area contributed by atoms with Gasteiger partial charge in [0.15, 0.2) is 0 Å². The maximum Gasteiger partial charge on any atom is 0.132 e. The fourth-order valence-corrected chi connectivity index (χ4v) is 3.57. The molecule has 0 aliphatic carbocycles. The van der Waals surface area contributed by atoms with E-state index in [9.17, 15) is 4.39 Å². The van der Waals surface area contributed by atoms with E-state index in [4.69, 9.17) is 11.6 Å². The molecule has 148 valence electrons. The Hall–Kier alpha value is -2.21. The van der Waals surface area contributed by atoms with E-state index < -0.39 is 0 Å². The monoisotopic (exact) mass is 400 g/mol. The van der Waals surface area contributed by atoms with Gasteiger partial charge in [-0.25, -0.2) is 9.07 Å². The Morgan fingerprint density at radius 1 is 1.11 bits per heavy atom. The smallest absolute Gasteiger partial charge is 0.132 e. The molecule has 0 saturated heterocycles. The molecule has 6 heteroatoms. The Bertz CT molecular complexity index is 891. The van der Waals surface area contributed by atoms with E-state index in [0.717, 1.165) is 28.9 Å². The Morgan fingerprint density at radius 2 is 1.79 bits per heavy atom. The van der Waals surface area contributed by atoms with Crippen molar-refractivity contribution >= 4 is 11.6 Å². The summed E-state index contributed by atoms with van der Waals surface area (Å²) in [6.07, 6.45) is 0. The molecule has 1 N–H and O–H groups in total. The second-order valence-corrected chi connectivity index (χ2v) is 7.52. The number of nitrogens with one attached hydrogen (secondary N) is 1. The molecule has 0 saturated carbocycles. The lowest BCUT2D eigenvalue weighted by molar-refractivity contribution is 0.288. The maximum absolute atomic E-state index is 13.2. The zero-order chi connectivity index (χ0) is 20.1. The summed E-state index contributed by atoms with van der Waals surface area (Å²) in [7, 11) is 4.04. The van der Waals surface area contributed by atoms with Crippen molar-refractivity contribution in [1.29, 1.82) is 0 Å². The molecule has 0 bridgehead atoms. The van der Waals surface area contributed by atoms with Gasteiger partial charge in [-0.2, -0.15) is 5.10 Å². The first kappa shape index (κ1) is 20.5. The summed E-state index contributed by atoms with van der Waals surface area (Å²) in [6.45, 7) is 3.98. The molecule has 3 rings (SSSR count). The van der Waals surface area contributed by atoms with E-state index >= 15 is 0 Å². The lowest BCUT2D eigenvalue weighted by atomic mass is 10.1. The Kier molecular flexibility index (Phi) is 6.83. The van der Waals surface area contributed by atoms with Crippen molar-refractivity contribution in [2.24, 2.45) is 0 Å². The molecular formula is C22H26ClFN4. The van der Waals surface area contributed by atoms with Gasteiger partial charge in [0.1, 0.15) is 11.0 Å². The molecule has 1 aromatic heterocycles. The summed E-state index contributed by atoms with van der Waals surface area (Å²) in [5, 5.41) is 8.74. The van der Waals surface area contributed by atoms with E-state index in [0.29, 0.717) is 18.2 Å². The molecule has 2 aromatic carbocycles. The zero-order valence-corrected chi connectivity index (χ0v) is 17.2. The summed E-state index contributed by atoms with van der Waals surface area (Å²) in [6, 6.07) is 17.0. The van der Waals surface area contributed by atoms with Crippen molar-refractivity contribution in [1.82, 2.24) is 20.0 Å². The molecular weight excluding hydrogens is 375 g/mol. The zero-order valence-electron chi connectivity index (χ0n) is 16.5. The van der Waals surface area contributed by atoms with Crippen LogP contribution >= 0.6 is 11.6 Å². The molecule has 0 aliphatic heterocycles. The van der Waals surface area contributed by atoms with Crippen molar-refractivity contribution in [2.75, 3.05) is 20.6 Å². The van der Waals surface area contributed by atoms with Crippen LogP contribution in [-0.4, -0.2) is 35.3 Å². The summed E-state index contributed by atoms with van der Waals surface area (Å²) >= 11 is 6.60. The van der Waals surface area contributed by atoms with Crippen LogP contribution in [0.3, 0.4) is 0 Å². The molecule has 1 heterocycles. The number of rotatable bonds is 8. The molecule has 0 spiro atoms. The number of likely N-dealkylation sites (N-methyl/N-ethyl adjacent to an activating group) is 1. The normalized spacial score (nSPS) is 12.5. The first-order valence-corrected chi connectivity index (χ1v) is 9.72. The third-order valence-electron chi connectivity index (χ3n) is 4.88. The van der Waals surface area contributed by atoms with E-state index in [-0.39, 0.29) is 11.9 Å². The summed E-state index contributed by atoms with van der Waals surface area (Å²) in [5.41, 5.74) is 4.17. The summed E-state index contributed by atoms with van der Waals surface area (Å²) < 4.78 is 15.1. The molecule has 3 aromatic rings. The van der Waals surface area contributed by atoms with Crippen LogP contribution in [0.1, 0.15) is 28.4 Å². The van der Waals surface area contributed by atoms with Gasteiger partial charge in [-0.15, -0.1) is 0 Å². The van der Waals surface area contributed by atoms with Crippen LogP contribution in [0.25, 0.3) is 0 Å². The number of hydrogen-bond acceptors (Lipinski definition) is 3. The highest BCUT2D eigenvalue weighted by molar-refractivity contribution is 6.30. The van der Waals surface area contributed by atoms with Gasteiger partial charge in [-0.1, -0.05) is 54.1 Å².